The van der Waals surface area contributed by atoms with Crippen LogP contribution >= 0.6 is 11.6 Å². The molecule has 0 fully saturated rings. The van der Waals surface area contributed by atoms with E-state index in [-0.39, 0.29) is 0 Å². The maximum absolute atomic E-state index is 5.00. The molecule has 0 aliphatic carbocycles. The molecule has 0 rings (SSSR count). The van der Waals surface area contributed by atoms with Crippen molar-refractivity contribution in [2.75, 3.05) is 5.88 Å². The number of rotatable bonds is 0. The van der Waals surface area contributed by atoms with Crippen molar-refractivity contribution in [3.63, 3.8) is 0 Å². The lowest BCUT2D eigenvalue weighted by atomic mass is 11.0. The molecule has 0 spiro atoms. The van der Waals surface area contributed by atoms with E-state index in [9.17, 15) is 0 Å². The predicted molar refractivity (Wildman–Crippen MR) is 27.6 cm³/mol. The summed E-state index contributed by atoms with van der Waals surface area (Å²) in [5, 5.41) is 0. The molecule has 0 aliphatic rings. The van der Waals surface area contributed by atoms with Crippen LogP contribution in [0.4, 0.5) is 0 Å². The van der Waals surface area contributed by atoms with Gasteiger partial charge >= 0.3 is 0 Å². The van der Waals surface area contributed by atoms with Gasteiger partial charge in [-0.05, 0) is 0 Å². The zero-order valence-electron chi connectivity index (χ0n) is 3.50. The van der Waals surface area contributed by atoms with Crippen molar-refractivity contribution >= 4 is 11.6 Å². The fraction of sp³-hybridized carbons (Fsp3) is 0.500. The van der Waals surface area contributed by atoms with Crippen molar-refractivity contribution in [1.29, 1.82) is 0 Å². The van der Waals surface area contributed by atoms with Gasteiger partial charge in [0.25, 0.3) is 0 Å². The highest BCUT2D eigenvalue weighted by Gasteiger charge is 1.38. The molecule has 0 aromatic rings. The Morgan fingerprint density at radius 1 is 1.60 bits per heavy atom. The Balaban J connectivity index is 0. The van der Waals surface area contributed by atoms with E-state index in [1.807, 2.05) is 6.92 Å². The topological polar surface area (TPSA) is 0 Å². The first-order valence-corrected chi connectivity index (χ1v) is 2.01. The zero-order valence-corrected chi connectivity index (χ0v) is 4.26. The van der Waals surface area contributed by atoms with E-state index in [1.165, 1.54) is 0 Å². The largest absolute Gasteiger partial charge is 0.127 e. The smallest absolute Gasteiger partial charge is 0.0195 e. The SMILES string of the molecule is C=C.CCCl. The first-order valence-electron chi connectivity index (χ1n) is 1.47. The van der Waals surface area contributed by atoms with Gasteiger partial charge < -0.3 is 0 Å². The van der Waals surface area contributed by atoms with Gasteiger partial charge in [0.1, 0.15) is 0 Å². The highest BCUT2D eigenvalue weighted by molar-refractivity contribution is 6.17. The standard InChI is InChI=1S/C2H5Cl.C2H4/c1-2-3;1-2/h2H2,1H3;1-2H2. The second-order valence-corrected chi connectivity index (χ2v) is 0.802. The van der Waals surface area contributed by atoms with Gasteiger partial charge in [0, 0.05) is 5.88 Å². The molecule has 0 saturated carbocycles. The van der Waals surface area contributed by atoms with E-state index in [0.29, 0.717) is 0 Å². The molecule has 1 heteroatoms. The maximum Gasteiger partial charge on any atom is 0.0195 e. The molecule has 0 atom stereocenters. The van der Waals surface area contributed by atoms with E-state index in [2.05, 4.69) is 13.2 Å². The highest BCUT2D eigenvalue weighted by Crippen LogP contribution is 1.59. The summed E-state index contributed by atoms with van der Waals surface area (Å²) < 4.78 is 0. The van der Waals surface area contributed by atoms with Crippen LogP contribution < -0.4 is 0 Å². The van der Waals surface area contributed by atoms with Crippen molar-refractivity contribution in [3.8, 4) is 0 Å². The lowest BCUT2D eigenvalue weighted by Gasteiger charge is -1.45. The van der Waals surface area contributed by atoms with Crippen LogP contribution in [-0.4, -0.2) is 5.88 Å². The minimum absolute atomic E-state index is 0.722. The molecule has 0 aromatic carbocycles. The molecule has 32 valence electrons. The maximum atomic E-state index is 5.00. The van der Waals surface area contributed by atoms with Crippen molar-refractivity contribution < 1.29 is 0 Å². The van der Waals surface area contributed by atoms with Gasteiger partial charge in [-0.25, -0.2) is 0 Å². The second kappa shape index (κ2) is 34.9. The summed E-state index contributed by atoms with van der Waals surface area (Å²) in [6.07, 6.45) is 0. The van der Waals surface area contributed by atoms with Crippen LogP contribution in [0.3, 0.4) is 0 Å². The second-order valence-electron chi connectivity index (χ2n) is 0.267. The zero-order chi connectivity index (χ0) is 4.71. The van der Waals surface area contributed by atoms with Gasteiger partial charge in [-0.3, -0.25) is 0 Å². The molecule has 0 aliphatic heterocycles. The first kappa shape index (κ1) is 8.90. The van der Waals surface area contributed by atoms with Crippen LogP contribution in [0.5, 0.6) is 0 Å². The highest BCUT2D eigenvalue weighted by atomic mass is 35.5. The summed E-state index contributed by atoms with van der Waals surface area (Å²) in [7, 11) is 0. The van der Waals surface area contributed by atoms with Gasteiger partial charge in [-0.15, -0.1) is 24.8 Å². The summed E-state index contributed by atoms with van der Waals surface area (Å²) in [5.41, 5.74) is 0. The average Bonchev–Trinajstić information content (AvgIpc) is 1.46. The number of hydrogen-bond donors (Lipinski definition) is 0. The van der Waals surface area contributed by atoms with E-state index in [1.54, 1.807) is 0 Å². The molecular formula is C4H9Cl. The van der Waals surface area contributed by atoms with Gasteiger partial charge in [-0.2, -0.15) is 0 Å². The van der Waals surface area contributed by atoms with E-state index in [4.69, 9.17) is 11.6 Å². The lowest BCUT2D eigenvalue weighted by Crippen LogP contribution is -1.36. The van der Waals surface area contributed by atoms with Crippen LogP contribution in [0.25, 0.3) is 0 Å². The fourth-order valence-corrected chi connectivity index (χ4v) is 0. The Bertz CT molecular complexity index is 7.61. The van der Waals surface area contributed by atoms with E-state index >= 15 is 0 Å². The monoisotopic (exact) mass is 92.0 g/mol. The molecule has 0 heterocycles. The quantitative estimate of drug-likeness (QED) is 0.317. The first-order chi connectivity index (χ1) is 2.41. The third kappa shape index (κ3) is 18500. The molecule has 0 unspecified atom stereocenters. The molecule has 0 bridgehead atoms. The third-order valence-corrected chi connectivity index (χ3v) is 0. The molecule has 5 heavy (non-hydrogen) atoms. The summed E-state index contributed by atoms with van der Waals surface area (Å²) in [4.78, 5) is 0. The van der Waals surface area contributed by atoms with Crippen molar-refractivity contribution in [1.82, 2.24) is 0 Å². The van der Waals surface area contributed by atoms with Crippen LogP contribution in [0.2, 0.25) is 0 Å². The normalized spacial score (nSPS) is 4.40. The van der Waals surface area contributed by atoms with E-state index in [0.717, 1.165) is 5.88 Å². The Morgan fingerprint density at radius 2 is 1.60 bits per heavy atom. The molecule has 0 nitrogen and oxygen atoms in total. The Morgan fingerprint density at radius 3 is 1.60 bits per heavy atom. The van der Waals surface area contributed by atoms with Crippen LogP contribution in [0, 0.1) is 0 Å². The minimum Gasteiger partial charge on any atom is -0.127 e. The van der Waals surface area contributed by atoms with Gasteiger partial charge in [0.15, 0.2) is 0 Å². The summed E-state index contributed by atoms with van der Waals surface area (Å²) >= 11 is 5.00. The minimum atomic E-state index is 0.722. The molecule has 0 saturated heterocycles. The van der Waals surface area contributed by atoms with Crippen molar-refractivity contribution in [2.45, 2.75) is 6.92 Å². The summed E-state index contributed by atoms with van der Waals surface area (Å²) in [6, 6.07) is 0. The molecule has 0 N–H and O–H groups in total. The molecular weight excluding hydrogens is 83.5 g/mol. The Hall–Kier alpha value is 0.0300. The van der Waals surface area contributed by atoms with Gasteiger partial charge in [0.05, 0.1) is 0 Å². The Kier molecular flexibility index (Phi) is 62.1. The third-order valence-electron chi connectivity index (χ3n) is 0. The fourth-order valence-electron chi connectivity index (χ4n) is 0. The van der Waals surface area contributed by atoms with Gasteiger partial charge in [0.2, 0.25) is 0 Å². The molecule has 0 radical (unpaired) electrons. The number of hydrogen-bond acceptors (Lipinski definition) is 0. The lowest BCUT2D eigenvalue weighted by molar-refractivity contribution is 1.51. The number of halogens is 1. The van der Waals surface area contributed by atoms with Crippen LogP contribution in [0.1, 0.15) is 6.92 Å². The van der Waals surface area contributed by atoms with Crippen molar-refractivity contribution in [3.05, 3.63) is 13.2 Å². The predicted octanol–water partition coefficient (Wildman–Crippen LogP) is 2.05. The summed E-state index contributed by atoms with van der Waals surface area (Å²) in [6.45, 7) is 7.89. The average molecular weight is 92.6 g/mol. The Labute approximate surface area is 38.5 Å². The van der Waals surface area contributed by atoms with Crippen LogP contribution in [0.15, 0.2) is 13.2 Å². The van der Waals surface area contributed by atoms with Crippen LogP contribution in [-0.2, 0) is 0 Å². The van der Waals surface area contributed by atoms with Gasteiger partial charge in [-0.1, -0.05) is 6.92 Å². The molecule has 0 aromatic heterocycles. The molecule has 0 amide bonds. The van der Waals surface area contributed by atoms with Crippen molar-refractivity contribution in [2.24, 2.45) is 0 Å². The van der Waals surface area contributed by atoms with E-state index < -0.39 is 0 Å². The number of alkyl halides is 1. The summed E-state index contributed by atoms with van der Waals surface area (Å²) in [5.74, 6) is 0.722.